The zero-order valence-corrected chi connectivity index (χ0v) is 27.1. The van der Waals surface area contributed by atoms with Crippen molar-refractivity contribution in [3.63, 3.8) is 0 Å². The molecule has 3 aromatic carbocycles. The van der Waals surface area contributed by atoms with Crippen LogP contribution in [0, 0.1) is 0 Å². The lowest BCUT2D eigenvalue weighted by Crippen LogP contribution is -2.41. The molecule has 0 spiro atoms. The quantitative estimate of drug-likeness (QED) is 0.117. The minimum Gasteiger partial charge on any atom is -0.495 e. The maximum Gasteiger partial charge on any atom is 0.231 e. The predicted molar refractivity (Wildman–Crippen MR) is 180 cm³/mol. The second kappa shape index (κ2) is 13.9. The summed E-state index contributed by atoms with van der Waals surface area (Å²) >= 11 is 0. The second-order valence-corrected chi connectivity index (χ2v) is 12.8. The summed E-state index contributed by atoms with van der Waals surface area (Å²) in [5.41, 5.74) is 9.00. The van der Waals surface area contributed by atoms with Gasteiger partial charge in [-0.05, 0) is 53.3 Å². The Labute approximate surface area is 263 Å². The number of benzene rings is 3. The molecule has 232 valence electrons. The summed E-state index contributed by atoms with van der Waals surface area (Å²) in [5, 5.41) is 6.31. The number of aryl methyl sites for hydroxylation is 2. The number of nitrogens with zero attached hydrogens (tertiary/aromatic N) is 1. The fourth-order valence-corrected chi connectivity index (χ4v) is 6.89. The van der Waals surface area contributed by atoms with Gasteiger partial charge >= 0.3 is 0 Å². The van der Waals surface area contributed by atoms with Crippen LogP contribution >= 0.6 is 0 Å². The van der Waals surface area contributed by atoms with Gasteiger partial charge in [0.15, 0.2) is 24.2 Å². The normalized spacial score (nSPS) is 13.3. The fourth-order valence-electron chi connectivity index (χ4n) is 6.89. The van der Waals surface area contributed by atoms with Crippen LogP contribution < -0.4 is 24.1 Å². The van der Waals surface area contributed by atoms with Crippen molar-refractivity contribution in [2.45, 2.75) is 97.4 Å². The van der Waals surface area contributed by atoms with Crippen LogP contribution in [-0.2, 0) is 19.4 Å². The highest BCUT2D eigenvalue weighted by molar-refractivity contribution is 6.00. The van der Waals surface area contributed by atoms with Crippen LogP contribution in [0.15, 0.2) is 54.7 Å². The van der Waals surface area contributed by atoms with Gasteiger partial charge in [-0.15, -0.1) is 0 Å². The minimum atomic E-state index is 0.290. The summed E-state index contributed by atoms with van der Waals surface area (Å²) < 4.78 is 20.0. The summed E-state index contributed by atoms with van der Waals surface area (Å²) in [5.74, 6) is 3.13. The molecule has 0 saturated heterocycles. The lowest BCUT2D eigenvalue weighted by atomic mass is 9.88. The average molecular weight is 594 g/mol. The first-order valence-electron chi connectivity index (χ1n) is 16.9. The molecule has 1 aromatic heterocycles. The smallest absolute Gasteiger partial charge is 0.231 e. The third kappa shape index (κ3) is 6.38. The molecule has 2 aliphatic rings. The molecule has 0 bridgehead atoms. The average Bonchev–Trinajstić information content (AvgIpc) is 3.50. The zero-order valence-electron chi connectivity index (χ0n) is 27.1. The number of fused-ring (bicyclic) bond motifs is 5. The molecule has 0 atom stereocenters. The van der Waals surface area contributed by atoms with Crippen LogP contribution in [0.2, 0.25) is 0 Å². The molecule has 0 aliphatic carbocycles. The van der Waals surface area contributed by atoms with E-state index in [0.29, 0.717) is 12.7 Å². The van der Waals surface area contributed by atoms with Crippen LogP contribution in [0.25, 0.3) is 22.0 Å². The Bertz CT molecular complexity index is 1590. The van der Waals surface area contributed by atoms with Crippen LogP contribution in [0.5, 0.6) is 17.2 Å². The predicted octanol–water partition coefficient (Wildman–Crippen LogP) is 9.35. The van der Waals surface area contributed by atoms with Gasteiger partial charge in [-0.2, -0.15) is 4.57 Å². The van der Waals surface area contributed by atoms with E-state index in [1.54, 1.807) is 7.11 Å². The minimum absolute atomic E-state index is 0.290. The molecule has 3 heterocycles. The number of aromatic nitrogens is 1. The fraction of sp³-hybridized carbons (Fsp3) is 0.462. The maximum absolute atomic E-state index is 5.93. The molecule has 0 saturated carbocycles. The first kappa shape index (κ1) is 30.3. The Morgan fingerprint density at radius 2 is 1.59 bits per heavy atom. The topological polar surface area (TPSA) is 43.6 Å². The van der Waals surface area contributed by atoms with E-state index in [1.165, 1.54) is 95.7 Å². The number of ether oxygens (including phenoxy) is 3. The molecule has 4 aromatic rings. The van der Waals surface area contributed by atoms with Gasteiger partial charge in [0.05, 0.1) is 23.7 Å². The lowest BCUT2D eigenvalue weighted by molar-refractivity contribution is -0.686. The van der Waals surface area contributed by atoms with Gasteiger partial charge in [0, 0.05) is 30.3 Å². The molecule has 0 unspecified atom stereocenters. The van der Waals surface area contributed by atoms with Gasteiger partial charge in [0.2, 0.25) is 12.5 Å². The van der Waals surface area contributed by atoms with Crippen molar-refractivity contribution >= 4 is 16.5 Å². The van der Waals surface area contributed by atoms with E-state index in [1.807, 2.05) is 0 Å². The van der Waals surface area contributed by atoms with E-state index in [9.17, 15) is 0 Å². The molecular formula is C39H49N2O3+. The monoisotopic (exact) mass is 593 g/mol. The second-order valence-electron chi connectivity index (χ2n) is 12.8. The molecule has 5 nitrogen and oxygen atoms in total. The number of nitrogens with one attached hydrogen (secondary N) is 1. The number of hydrogen-bond donors (Lipinski definition) is 1. The van der Waals surface area contributed by atoms with Crippen molar-refractivity contribution in [3.05, 3.63) is 77.0 Å². The Morgan fingerprint density at radius 3 is 2.32 bits per heavy atom. The highest BCUT2D eigenvalue weighted by atomic mass is 16.7. The number of unbranched alkanes of at least 4 members (excludes halogenated alkanes) is 7. The molecule has 2 aliphatic heterocycles. The number of hydrogen-bond acceptors (Lipinski definition) is 4. The molecule has 44 heavy (non-hydrogen) atoms. The highest BCUT2D eigenvalue weighted by Crippen LogP contribution is 2.43. The van der Waals surface area contributed by atoms with Crippen molar-refractivity contribution in [2.24, 2.45) is 0 Å². The maximum atomic E-state index is 5.93. The SMILES string of the molecule is CCCCCCCCCCNc1c(OC)ccc2c(Cc3ccc(C(C)C)cc3)c3[n+](cc12)CCc1cc2c(cc1-3)OCO2. The van der Waals surface area contributed by atoms with E-state index in [2.05, 4.69) is 85.4 Å². The molecule has 0 amide bonds. The summed E-state index contributed by atoms with van der Waals surface area (Å²) in [6.45, 7) is 8.95. The summed E-state index contributed by atoms with van der Waals surface area (Å²) in [7, 11) is 1.78. The summed E-state index contributed by atoms with van der Waals surface area (Å²) in [4.78, 5) is 0. The number of anilines is 1. The molecule has 1 N–H and O–H groups in total. The van der Waals surface area contributed by atoms with Gasteiger partial charge in [-0.3, -0.25) is 0 Å². The molecule has 0 radical (unpaired) electrons. The summed E-state index contributed by atoms with van der Waals surface area (Å²) in [6, 6.07) is 18.0. The third-order valence-corrected chi connectivity index (χ3v) is 9.45. The van der Waals surface area contributed by atoms with E-state index in [4.69, 9.17) is 14.2 Å². The number of pyridine rings is 1. The Balaban J connectivity index is 1.37. The Kier molecular flexibility index (Phi) is 9.59. The lowest BCUT2D eigenvalue weighted by Gasteiger charge is -2.22. The van der Waals surface area contributed by atoms with Gasteiger partial charge < -0.3 is 19.5 Å². The highest BCUT2D eigenvalue weighted by Gasteiger charge is 2.32. The van der Waals surface area contributed by atoms with Crippen molar-refractivity contribution in [2.75, 3.05) is 25.8 Å². The van der Waals surface area contributed by atoms with Gasteiger partial charge in [-0.25, -0.2) is 0 Å². The molecule has 0 fully saturated rings. The van der Waals surface area contributed by atoms with Crippen molar-refractivity contribution < 1.29 is 18.8 Å². The van der Waals surface area contributed by atoms with E-state index < -0.39 is 0 Å². The van der Waals surface area contributed by atoms with Crippen LogP contribution in [0.1, 0.15) is 100 Å². The van der Waals surface area contributed by atoms with Crippen molar-refractivity contribution in [1.29, 1.82) is 0 Å². The number of rotatable bonds is 14. The Morgan fingerprint density at radius 1 is 0.864 bits per heavy atom. The Hall–Kier alpha value is -3.73. The van der Waals surface area contributed by atoms with Crippen LogP contribution in [-0.4, -0.2) is 20.4 Å². The van der Waals surface area contributed by atoms with Gasteiger partial charge in [0.25, 0.3) is 0 Å². The first-order chi connectivity index (χ1) is 21.6. The van der Waals surface area contributed by atoms with Crippen LogP contribution in [0.3, 0.4) is 0 Å². The van der Waals surface area contributed by atoms with Crippen molar-refractivity contribution in [3.8, 4) is 28.5 Å². The zero-order chi connectivity index (χ0) is 30.5. The molecular weight excluding hydrogens is 544 g/mol. The first-order valence-corrected chi connectivity index (χ1v) is 16.9. The van der Waals surface area contributed by atoms with E-state index >= 15 is 0 Å². The molecule has 6 rings (SSSR count). The largest absolute Gasteiger partial charge is 0.495 e. The van der Waals surface area contributed by atoms with Crippen molar-refractivity contribution in [1.82, 2.24) is 0 Å². The summed E-state index contributed by atoms with van der Waals surface area (Å²) in [6.07, 6.45) is 14.7. The van der Waals surface area contributed by atoms with E-state index in [0.717, 1.165) is 48.9 Å². The molecule has 5 heteroatoms. The van der Waals surface area contributed by atoms with Gasteiger partial charge in [-0.1, -0.05) is 90.0 Å². The number of methoxy groups -OCH3 is 1. The third-order valence-electron chi connectivity index (χ3n) is 9.45. The van der Waals surface area contributed by atoms with Gasteiger partial charge in [0.1, 0.15) is 5.75 Å². The standard InChI is InChI=1S/C39H48N2O3/c1-5-6-7-8-9-10-11-12-20-40-38-34-25-41-21-19-30-23-36-37(44-26-43-36)24-32(30)39(41)33(31(34)17-18-35(38)42-4)22-28-13-15-29(16-14-28)27(2)3/h13-18,23-25,27H,5-12,19-22,26H2,1-4H3/p+1. The van der Waals surface area contributed by atoms with E-state index in [-0.39, 0.29) is 0 Å². The van der Waals surface area contributed by atoms with Crippen LogP contribution in [0.4, 0.5) is 5.69 Å².